The van der Waals surface area contributed by atoms with Crippen LogP contribution in [0.5, 0.6) is 17.2 Å². The van der Waals surface area contributed by atoms with Crippen LogP contribution in [0.15, 0.2) is 42.5 Å². The average Bonchev–Trinajstić information content (AvgIpc) is 2.85. The predicted molar refractivity (Wildman–Crippen MR) is 123 cm³/mol. The van der Waals surface area contributed by atoms with E-state index in [1.54, 1.807) is 21.3 Å². The quantitative estimate of drug-likeness (QED) is 0.577. The van der Waals surface area contributed by atoms with E-state index >= 15 is 0 Å². The topological polar surface area (TPSA) is 126 Å². The smallest absolute Gasteiger partial charge is 0.414 e. The van der Waals surface area contributed by atoms with Gasteiger partial charge in [-0.3, -0.25) is 9.69 Å². The molecule has 2 N–H and O–H groups in total. The van der Waals surface area contributed by atoms with E-state index in [-0.39, 0.29) is 5.91 Å². The molecule has 0 atom stereocenters. The summed E-state index contributed by atoms with van der Waals surface area (Å²) in [5.74, 6) is -1.34. The zero-order valence-electron chi connectivity index (χ0n) is 19.5. The summed E-state index contributed by atoms with van der Waals surface area (Å²) >= 11 is 0. The Morgan fingerprint density at radius 3 is 1.82 bits per heavy atom. The fraction of sp³-hybridized carbons (Fsp3) is 0.375. The Morgan fingerprint density at radius 1 is 0.794 bits per heavy atom. The first-order valence-corrected chi connectivity index (χ1v) is 10.6. The molecule has 1 heterocycles. The van der Waals surface area contributed by atoms with Crippen molar-refractivity contribution in [3.05, 3.63) is 53.6 Å². The second-order valence-corrected chi connectivity index (χ2v) is 7.45. The number of piperazine rings is 1. The molecule has 1 aliphatic rings. The summed E-state index contributed by atoms with van der Waals surface area (Å²) < 4.78 is 16.3. The number of hydrogen-bond donors (Lipinski definition) is 2. The number of rotatable bonds is 7. The fourth-order valence-corrected chi connectivity index (χ4v) is 3.49. The maximum atomic E-state index is 12.5. The van der Waals surface area contributed by atoms with Gasteiger partial charge in [0.25, 0.3) is 0 Å². The van der Waals surface area contributed by atoms with E-state index in [9.17, 15) is 4.79 Å². The van der Waals surface area contributed by atoms with Crippen molar-refractivity contribution in [3.8, 4) is 17.2 Å². The van der Waals surface area contributed by atoms with Gasteiger partial charge in [0.05, 0.1) is 27.8 Å². The van der Waals surface area contributed by atoms with Crippen molar-refractivity contribution in [2.24, 2.45) is 0 Å². The molecular weight excluding hydrogens is 444 g/mol. The molecule has 1 amide bonds. The molecule has 3 rings (SSSR count). The van der Waals surface area contributed by atoms with Gasteiger partial charge in [0, 0.05) is 44.4 Å². The van der Waals surface area contributed by atoms with Gasteiger partial charge in [-0.05, 0) is 11.6 Å². The molecule has 1 fully saturated rings. The molecule has 10 heteroatoms. The lowest BCUT2D eigenvalue weighted by Crippen LogP contribution is -2.48. The van der Waals surface area contributed by atoms with Crippen LogP contribution in [-0.2, 0) is 27.3 Å². The van der Waals surface area contributed by atoms with Crippen LogP contribution in [0.25, 0.3) is 0 Å². The molecule has 0 radical (unpaired) electrons. The van der Waals surface area contributed by atoms with E-state index in [1.807, 2.05) is 47.4 Å². The maximum Gasteiger partial charge on any atom is 0.414 e. The van der Waals surface area contributed by atoms with Crippen molar-refractivity contribution in [2.45, 2.75) is 13.0 Å². The van der Waals surface area contributed by atoms with Crippen LogP contribution in [0.3, 0.4) is 0 Å². The number of carboxylic acid groups (broad SMARTS) is 2. The lowest BCUT2D eigenvalue weighted by atomic mass is 10.1. The van der Waals surface area contributed by atoms with E-state index in [2.05, 4.69) is 4.90 Å². The molecule has 184 valence electrons. The minimum absolute atomic E-state index is 0.189. The van der Waals surface area contributed by atoms with Gasteiger partial charge in [-0.2, -0.15) is 0 Å². The van der Waals surface area contributed by atoms with Crippen LogP contribution in [0.2, 0.25) is 0 Å². The number of hydrogen-bond acceptors (Lipinski definition) is 7. The average molecular weight is 475 g/mol. The second-order valence-electron chi connectivity index (χ2n) is 7.45. The van der Waals surface area contributed by atoms with Crippen molar-refractivity contribution in [3.63, 3.8) is 0 Å². The van der Waals surface area contributed by atoms with Crippen LogP contribution >= 0.6 is 0 Å². The number of amides is 1. The van der Waals surface area contributed by atoms with Crippen LogP contribution in [0.1, 0.15) is 11.1 Å². The molecule has 0 saturated carbocycles. The number of ether oxygens (including phenoxy) is 3. The molecule has 0 aliphatic carbocycles. The number of benzene rings is 2. The molecule has 2 aromatic carbocycles. The van der Waals surface area contributed by atoms with Crippen molar-refractivity contribution in [1.29, 1.82) is 0 Å². The van der Waals surface area contributed by atoms with Crippen LogP contribution < -0.4 is 14.2 Å². The number of carbonyl (C=O) groups is 3. The number of aliphatic carboxylic acids is 2. The Kier molecular flexibility index (Phi) is 10.2. The number of nitrogens with zero attached hydrogens (tertiary/aromatic N) is 2. The molecular formula is C24H30N2O8. The lowest BCUT2D eigenvalue weighted by Gasteiger charge is -2.35. The summed E-state index contributed by atoms with van der Waals surface area (Å²) in [6, 6.07) is 13.7. The molecule has 1 saturated heterocycles. The van der Waals surface area contributed by atoms with Crippen molar-refractivity contribution in [2.75, 3.05) is 47.5 Å². The largest absolute Gasteiger partial charge is 0.496 e. The van der Waals surface area contributed by atoms with Gasteiger partial charge in [0.2, 0.25) is 5.91 Å². The third-order valence-electron chi connectivity index (χ3n) is 5.29. The SMILES string of the molecule is COc1cc(OC)c(OC)cc1CN1CCN(C(=O)Cc2ccccc2)CC1.O=C(O)C(=O)O. The van der Waals surface area contributed by atoms with Gasteiger partial charge in [-0.15, -0.1) is 0 Å². The van der Waals surface area contributed by atoms with Crippen LogP contribution in [-0.4, -0.2) is 85.4 Å². The molecule has 34 heavy (non-hydrogen) atoms. The molecule has 0 unspecified atom stereocenters. The van der Waals surface area contributed by atoms with E-state index < -0.39 is 11.9 Å². The Labute approximate surface area is 198 Å². The molecule has 10 nitrogen and oxygen atoms in total. The van der Waals surface area contributed by atoms with E-state index in [1.165, 1.54) is 0 Å². The van der Waals surface area contributed by atoms with Gasteiger partial charge in [-0.1, -0.05) is 30.3 Å². The highest BCUT2D eigenvalue weighted by Crippen LogP contribution is 2.35. The van der Waals surface area contributed by atoms with E-state index in [4.69, 9.17) is 34.0 Å². The van der Waals surface area contributed by atoms with Gasteiger partial charge in [0.1, 0.15) is 5.75 Å². The number of carboxylic acids is 2. The molecule has 0 spiro atoms. The zero-order chi connectivity index (χ0) is 25.1. The first kappa shape index (κ1) is 26.5. The molecule has 0 bridgehead atoms. The third-order valence-corrected chi connectivity index (χ3v) is 5.29. The van der Waals surface area contributed by atoms with E-state index in [0.717, 1.165) is 49.6 Å². The predicted octanol–water partition coefficient (Wildman–Crippen LogP) is 1.75. The summed E-state index contributed by atoms with van der Waals surface area (Å²) in [5, 5.41) is 14.8. The van der Waals surface area contributed by atoms with Crippen LogP contribution in [0, 0.1) is 0 Å². The number of methoxy groups -OCH3 is 3. The van der Waals surface area contributed by atoms with Gasteiger partial charge >= 0.3 is 11.9 Å². The Hall–Kier alpha value is -3.79. The summed E-state index contributed by atoms with van der Waals surface area (Å²) in [5.41, 5.74) is 2.11. The Bertz CT molecular complexity index is 960. The van der Waals surface area contributed by atoms with E-state index in [0.29, 0.717) is 17.9 Å². The minimum atomic E-state index is -1.82. The highest BCUT2D eigenvalue weighted by molar-refractivity contribution is 6.27. The summed E-state index contributed by atoms with van der Waals surface area (Å²) in [7, 11) is 4.90. The molecule has 1 aliphatic heterocycles. The Balaban J connectivity index is 0.000000604. The van der Waals surface area contributed by atoms with Gasteiger partial charge < -0.3 is 29.3 Å². The van der Waals surface area contributed by atoms with Gasteiger partial charge in [0.15, 0.2) is 11.5 Å². The molecule has 0 aromatic heterocycles. The van der Waals surface area contributed by atoms with Gasteiger partial charge in [-0.25, -0.2) is 9.59 Å². The Morgan fingerprint density at radius 2 is 1.32 bits per heavy atom. The normalized spacial score (nSPS) is 13.3. The van der Waals surface area contributed by atoms with Crippen molar-refractivity contribution >= 4 is 17.8 Å². The van der Waals surface area contributed by atoms with Crippen LogP contribution in [0.4, 0.5) is 0 Å². The maximum absolute atomic E-state index is 12.5. The molecule has 2 aromatic rings. The standard InChI is InChI=1S/C22H28N2O4.C2H2O4/c1-26-19-15-21(28-3)20(27-2)14-18(19)16-23-9-11-24(12-10-23)22(25)13-17-7-5-4-6-8-17;3-1(4)2(5)6/h4-8,14-15H,9-13,16H2,1-3H3;(H,3,4)(H,5,6). The highest BCUT2D eigenvalue weighted by atomic mass is 16.5. The third kappa shape index (κ3) is 7.66. The summed E-state index contributed by atoms with van der Waals surface area (Å²) in [4.78, 5) is 35.0. The highest BCUT2D eigenvalue weighted by Gasteiger charge is 2.22. The monoisotopic (exact) mass is 474 g/mol. The fourth-order valence-electron chi connectivity index (χ4n) is 3.49. The first-order chi connectivity index (χ1) is 16.3. The number of carbonyl (C=O) groups excluding carboxylic acids is 1. The summed E-state index contributed by atoms with van der Waals surface area (Å²) in [6.07, 6.45) is 0.463. The second kappa shape index (κ2) is 13.0. The van der Waals surface area contributed by atoms with Crippen molar-refractivity contribution in [1.82, 2.24) is 9.80 Å². The summed E-state index contributed by atoms with van der Waals surface area (Å²) in [6.45, 7) is 3.88. The zero-order valence-corrected chi connectivity index (χ0v) is 19.5. The van der Waals surface area contributed by atoms with Crippen molar-refractivity contribution < 1.29 is 38.8 Å². The minimum Gasteiger partial charge on any atom is -0.496 e. The first-order valence-electron chi connectivity index (χ1n) is 10.6. The lowest BCUT2D eigenvalue weighted by molar-refractivity contribution is -0.159.